The predicted molar refractivity (Wildman–Crippen MR) is 78.3 cm³/mol. The molecule has 4 unspecified atom stereocenters. The average molecular weight is 286 g/mol. The van der Waals surface area contributed by atoms with Crippen molar-refractivity contribution < 1.29 is 14.2 Å². The average Bonchev–Trinajstić information content (AvgIpc) is 2.88. The SMILES string of the molecule is CCCC(OCC)C(NN)C1CCOC2(CCOC2)C1. The minimum Gasteiger partial charge on any atom is -0.378 e. The number of hydrazine groups is 1. The molecule has 3 N–H and O–H groups in total. The zero-order valence-electron chi connectivity index (χ0n) is 12.9. The standard InChI is InChI=1S/C15H30N2O3/c1-3-5-13(19-4-2)14(17-16)12-6-8-20-15(10-12)7-9-18-11-15/h12-14,17H,3-11,16H2,1-2H3. The van der Waals surface area contributed by atoms with Crippen molar-refractivity contribution in [3.05, 3.63) is 0 Å². The van der Waals surface area contributed by atoms with Crippen LogP contribution in [0.15, 0.2) is 0 Å². The van der Waals surface area contributed by atoms with Crippen molar-refractivity contribution in [3.63, 3.8) is 0 Å². The molecule has 5 heteroatoms. The molecule has 5 nitrogen and oxygen atoms in total. The molecule has 2 aliphatic heterocycles. The summed E-state index contributed by atoms with van der Waals surface area (Å²) >= 11 is 0. The highest BCUT2D eigenvalue weighted by atomic mass is 16.6. The van der Waals surface area contributed by atoms with E-state index in [9.17, 15) is 0 Å². The van der Waals surface area contributed by atoms with Crippen LogP contribution < -0.4 is 11.3 Å². The lowest BCUT2D eigenvalue weighted by Crippen LogP contribution is -2.54. The van der Waals surface area contributed by atoms with Crippen LogP contribution in [0.5, 0.6) is 0 Å². The Morgan fingerprint density at radius 3 is 2.85 bits per heavy atom. The lowest BCUT2D eigenvalue weighted by atomic mass is 9.79. The molecule has 2 aliphatic rings. The maximum absolute atomic E-state index is 6.02. The Bertz CT molecular complexity index is 276. The van der Waals surface area contributed by atoms with E-state index in [4.69, 9.17) is 20.1 Å². The molecule has 0 bridgehead atoms. The monoisotopic (exact) mass is 286 g/mol. The third-order valence-corrected chi connectivity index (χ3v) is 4.65. The van der Waals surface area contributed by atoms with Gasteiger partial charge in [-0.3, -0.25) is 11.3 Å². The van der Waals surface area contributed by atoms with Crippen molar-refractivity contribution in [1.82, 2.24) is 5.43 Å². The van der Waals surface area contributed by atoms with Crippen LogP contribution in [0.2, 0.25) is 0 Å². The molecule has 2 heterocycles. The van der Waals surface area contributed by atoms with E-state index in [2.05, 4.69) is 12.3 Å². The molecule has 0 aliphatic carbocycles. The van der Waals surface area contributed by atoms with Crippen LogP contribution in [0.1, 0.15) is 46.0 Å². The molecule has 0 saturated carbocycles. The van der Waals surface area contributed by atoms with Crippen LogP contribution in [0, 0.1) is 5.92 Å². The van der Waals surface area contributed by atoms with Gasteiger partial charge in [0.1, 0.15) is 0 Å². The molecule has 2 saturated heterocycles. The summed E-state index contributed by atoms with van der Waals surface area (Å²) in [5, 5.41) is 0. The second-order valence-electron chi connectivity index (χ2n) is 6.06. The third-order valence-electron chi connectivity index (χ3n) is 4.65. The highest BCUT2D eigenvalue weighted by Crippen LogP contribution is 2.38. The minimum absolute atomic E-state index is 0.0685. The Morgan fingerprint density at radius 1 is 1.40 bits per heavy atom. The Morgan fingerprint density at radius 2 is 2.25 bits per heavy atom. The quantitative estimate of drug-likeness (QED) is 0.550. The van der Waals surface area contributed by atoms with Crippen LogP contribution in [0.25, 0.3) is 0 Å². The molecule has 1 spiro atoms. The van der Waals surface area contributed by atoms with Gasteiger partial charge in [-0.1, -0.05) is 13.3 Å². The number of hydrogen-bond acceptors (Lipinski definition) is 5. The summed E-state index contributed by atoms with van der Waals surface area (Å²) in [4.78, 5) is 0. The molecule has 0 aromatic carbocycles. The predicted octanol–water partition coefficient (Wildman–Crippen LogP) is 1.61. The zero-order valence-corrected chi connectivity index (χ0v) is 12.9. The summed E-state index contributed by atoms with van der Waals surface area (Å²) in [7, 11) is 0. The van der Waals surface area contributed by atoms with Crippen LogP contribution in [-0.4, -0.2) is 44.2 Å². The van der Waals surface area contributed by atoms with Gasteiger partial charge in [-0.05, 0) is 32.1 Å². The van der Waals surface area contributed by atoms with E-state index in [0.29, 0.717) is 5.92 Å². The van der Waals surface area contributed by atoms with Gasteiger partial charge in [0.25, 0.3) is 0 Å². The van der Waals surface area contributed by atoms with E-state index < -0.39 is 0 Å². The Kier molecular flexibility index (Phi) is 6.23. The van der Waals surface area contributed by atoms with Crippen LogP contribution in [0.4, 0.5) is 0 Å². The molecule has 2 fully saturated rings. The van der Waals surface area contributed by atoms with Gasteiger partial charge in [0, 0.05) is 26.2 Å². The van der Waals surface area contributed by atoms with E-state index in [1.165, 1.54) is 0 Å². The summed E-state index contributed by atoms with van der Waals surface area (Å²) in [6.45, 7) is 7.32. The van der Waals surface area contributed by atoms with E-state index in [1.807, 2.05) is 6.92 Å². The summed E-state index contributed by atoms with van der Waals surface area (Å²) in [5.41, 5.74) is 2.96. The first-order chi connectivity index (χ1) is 9.74. The second kappa shape index (κ2) is 7.71. The lowest BCUT2D eigenvalue weighted by molar-refractivity contribution is -0.113. The maximum Gasteiger partial charge on any atom is 0.0939 e. The highest BCUT2D eigenvalue weighted by Gasteiger charge is 2.44. The molecule has 0 aromatic rings. The highest BCUT2D eigenvalue weighted by molar-refractivity contribution is 4.95. The van der Waals surface area contributed by atoms with Gasteiger partial charge >= 0.3 is 0 Å². The Hall–Kier alpha value is -0.200. The van der Waals surface area contributed by atoms with E-state index in [-0.39, 0.29) is 17.7 Å². The van der Waals surface area contributed by atoms with Gasteiger partial charge in [-0.25, -0.2) is 0 Å². The van der Waals surface area contributed by atoms with Crippen LogP contribution in [0.3, 0.4) is 0 Å². The van der Waals surface area contributed by atoms with Gasteiger partial charge in [0.15, 0.2) is 0 Å². The van der Waals surface area contributed by atoms with Crippen molar-refractivity contribution in [2.45, 2.75) is 63.7 Å². The number of nitrogens with one attached hydrogen (secondary N) is 1. The third kappa shape index (κ3) is 3.71. The zero-order chi connectivity index (χ0) is 14.4. The molecule has 118 valence electrons. The van der Waals surface area contributed by atoms with Crippen LogP contribution >= 0.6 is 0 Å². The van der Waals surface area contributed by atoms with Crippen molar-refractivity contribution in [1.29, 1.82) is 0 Å². The normalized spacial score (nSPS) is 33.5. The van der Waals surface area contributed by atoms with E-state index in [0.717, 1.165) is 58.5 Å². The van der Waals surface area contributed by atoms with Crippen LogP contribution in [-0.2, 0) is 14.2 Å². The Balaban J connectivity index is 2.01. The summed E-state index contributed by atoms with van der Waals surface area (Å²) < 4.78 is 17.5. The molecule has 0 radical (unpaired) electrons. The van der Waals surface area contributed by atoms with Gasteiger partial charge in [0.05, 0.1) is 24.4 Å². The lowest BCUT2D eigenvalue weighted by Gasteiger charge is -2.42. The summed E-state index contributed by atoms with van der Waals surface area (Å²) in [6, 6.07) is 0.205. The fraction of sp³-hybridized carbons (Fsp3) is 1.00. The molecule has 4 atom stereocenters. The van der Waals surface area contributed by atoms with Gasteiger partial charge < -0.3 is 14.2 Å². The molecule has 2 rings (SSSR count). The fourth-order valence-corrected chi connectivity index (χ4v) is 3.65. The smallest absolute Gasteiger partial charge is 0.0939 e. The van der Waals surface area contributed by atoms with Gasteiger partial charge in [-0.15, -0.1) is 0 Å². The minimum atomic E-state index is -0.0685. The molecule has 20 heavy (non-hydrogen) atoms. The summed E-state index contributed by atoms with van der Waals surface area (Å²) in [5.74, 6) is 6.35. The summed E-state index contributed by atoms with van der Waals surface area (Å²) in [6.07, 6.45) is 5.43. The number of nitrogens with two attached hydrogens (primary N) is 1. The van der Waals surface area contributed by atoms with E-state index in [1.54, 1.807) is 0 Å². The topological polar surface area (TPSA) is 65.7 Å². The van der Waals surface area contributed by atoms with Crippen molar-refractivity contribution in [3.8, 4) is 0 Å². The first-order valence-corrected chi connectivity index (χ1v) is 8.04. The molecule has 0 aromatic heterocycles. The molecule has 0 amide bonds. The van der Waals surface area contributed by atoms with Gasteiger partial charge in [0.2, 0.25) is 0 Å². The largest absolute Gasteiger partial charge is 0.378 e. The van der Waals surface area contributed by atoms with Crippen molar-refractivity contribution in [2.24, 2.45) is 11.8 Å². The maximum atomic E-state index is 6.02. The van der Waals surface area contributed by atoms with Gasteiger partial charge in [-0.2, -0.15) is 0 Å². The molecular formula is C15H30N2O3. The first-order valence-electron chi connectivity index (χ1n) is 8.04. The van der Waals surface area contributed by atoms with Crippen molar-refractivity contribution >= 4 is 0 Å². The number of rotatable bonds is 7. The first kappa shape index (κ1) is 16.2. The van der Waals surface area contributed by atoms with Crippen molar-refractivity contribution in [2.75, 3.05) is 26.4 Å². The van der Waals surface area contributed by atoms with E-state index >= 15 is 0 Å². The molecular weight excluding hydrogens is 256 g/mol. The Labute approximate surface area is 122 Å². The number of ether oxygens (including phenoxy) is 3. The fourth-order valence-electron chi connectivity index (χ4n) is 3.65. The number of hydrogen-bond donors (Lipinski definition) is 2. The second-order valence-corrected chi connectivity index (χ2v) is 6.06.